The Hall–Kier alpha value is -3.27. The number of phenolic OH excluding ortho intramolecular Hbond substituents is 1. The van der Waals surface area contributed by atoms with E-state index >= 15 is 0 Å². The SMILES string of the molecule is COc1cc(Br)cc(C=NNC(=O)CNC(=O)c2ccc3c(c2)OCO3)c1O. The molecule has 1 aliphatic heterocycles. The first-order chi connectivity index (χ1) is 13.5. The fraction of sp³-hybridized carbons (Fsp3) is 0.167. The zero-order chi connectivity index (χ0) is 20.1. The van der Waals surface area contributed by atoms with Gasteiger partial charge in [0.15, 0.2) is 23.0 Å². The van der Waals surface area contributed by atoms with Gasteiger partial charge in [0.2, 0.25) is 6.79 Å². The molecule has 0 atom stereocenters. The van der Waals surface area contributed by atoms with Crippen LogP contribution in [0.3, 0.4) is 0 Å². The molecule has 2 aromatic carbocycles. The third kappa shape index (κ3) is 4.52. The maximum absolute atomic E-state index is 12.1. The molecule has 1 heterocycles. The number of hydrazone groups is 1. The highest BCUT2D eigenvalue weighted by atomic mass is 79.9. The van der Waals surface area contributed by atoms with E-state index in [0.717, 1.165) is 0 Å². The molecule has 0 saturated heterocycles. The summed E-state index contributed by atoms with van der Waals surface area (Å²) in [5.41, 5.74) is 2.95. The molecule has 1 aliphatic rings. The zero-order valence-electron chi connectivity index (χ0n) is 14.7. The summed E-state index contributed by atoms with van der Waals surface area (Å²) in [5.74, 6) is 0.221. The Balaban J connectivity index is 1.53. The van der Waals surface area contributed by atoms with Gasteiger partial charge in [0, 0.05) is 15.6 Å². The van der Waals surface area contributed by atoms with Crippen molar-refractivity contribution in [1.82, 2.24) is 10.7 Å². The second kappa shape index (κ2) is 8.61. The highest BCUT2D eigenvalue weighted by Gasteiger charge is 2.16. The number of carbonyl (C=O) groups excluding carboxylic acids is 2. The van der Waals surface area contributed by atoms with Crippen LogP contribution in [0.2, 0.25) is 0 Å². The van der Waals surface area contributed by atoms with Gasteiger partial charge in [-0.25, -0.2) is 5.43 Å². The molecule has 146 valence electrons. The molecule has 0 aliphatic carbocycles. The van der Waals surface area contributed by atoms with Crippen LogP contribution in [0, 0.1) is 0 Å². The summed E-state index contributed by atoms with van der Waals surface area (Å²) in [6.45, 7) is -0.168. The van der Waals surface area contributed by atoms with Crippen molar-refractivity contribution in [3.63, 3.8) is 0 Å². The summed E-state index contributed by atoms with van der Waals surface area (Å²) in [5, 5.41) is 16.3. The number of ether oxygens (including phenoxy) is 3. The van der Waals surface area contributed by atoms with Gasteiger partial charge >= 0.3 is 0 Å². The van der Waals surface area contributed by atoms with Gasteiger partial charge in [0.25, 0.3) is 11.8 Å². The van der Waals surface area contributed by atoms with E-state index in [9.17, 15) is 14.7 Å². The van der Waals surface area contributed by atoms with E-state index in [1.54, 1.807) is 24.3 Å². The van der Waals surface area contributed by atoms with Gasteiger partial charge in [0.05, 0.1) is 19.9 Å². The summed E-state index contributed by atoms with van der Waals surface area (Å²) in [6.07, 6.45) is 1.26. The van der Waals surface area contributed by atoms with Crippen LogP contribution in [0.25, 0.3) is 0 Å². The van der Waals surface area contributed by atoms with Crippen molar-refractivity contribution in [3.05, 3.63) is 45.9 Å². The molecule has 0 unspecified atom stereocenters. The van der Waals surface area contributed by atoms with Crippen LogP contribution in [0.1, 0.15) is 15.9 Å². The lowest BCUT2D eigenvalue weighted by atomic mass is 10.2. The largest absolute Gasteiger partial charge is 0.504 e. The Labute approximate surface area is 168 Å². The fourth-order valence-electron chi connectivity index (χ4n) is 2.36. The molecule has 0 saturated carbocycles. The summed E-state index contributed by atoms with van der Waals surface area (Å²) in [6, 6.07) is 7.94. The van der Waals surface area contributed by atoms with Crippen LogP contribution in [-0.2, 0) is 4.79 Å². The second-order valence-electron chi connectivity index (χ2n) is 5.59. The molecule has 2 amide bonds. The monoisotopic (exact) mass is 449 g/mol. The van der Waals surface area contributed by atoms with Gasteiger partial charge < -0.3 is 24.6 Å². The van der Waals surface area contributed by atoms with Crippen LogP contribution < -0.4 is 25.0 Å². The maximum atomic E-state index is 12.1. The average molecular weight is 450 g/mol. The number of phenols is 1. The number of amides is 2. The highest BCUT2D eigenvalue weighted by Crippen LogP contribution is 2.33. The predicted octanol–water partition coefficient (Wildman–Crippen LogP) is 1.77. The number of fused-ring (bicyclic) bond motifs is 1. The molecule has 2 aromatic rings. The number of carbonyl (C=O) groups is 2. The minimum Gasteiger partial charge on any atom is -0.504 e. The summed E-state index contributed by atoms with van der Waals surface area (Å²) < 4.78 is 16.1. The molecule has 3 N–H and O–H groups in total. The number of nitrogens with one attached hydrogen (secondary N) is 2. The number of rotatable bonds is 6. The normalized spacial score (nSPS) is 12.1. The van der Waals surface area contributed by atoms with Crippen LogP contribution in [0.5, 0.6) is 23.0 Å². The van der Waals surface area contributed by atoms with Gasteiger partial charge in [-0.3, -0.25) is 9.59 Å². The summed E-state index contributed by atoms with van der Waals surface area (Å²) in [7, 11) is 1.42. The molecule has 0 fully saturated rings. The lowest BCUT2D eigenvalue weighted by Gasteiger charge is -2.07. The van der Waals surface area contributed by atoms with Crippen molar-refractivity contribution in [1.29, 1.82) is 0 Å². The van der Waals surface area contributed by atoms with E-state index in [1.165, 1.54) is 19.4 Å². The van der Waals surface area contributed by atoms with Crippen LogP contribution in [0.4, 0.5) is 0 Å². The first kappa shape index (κ1) is 19.5. The molecular weight excluding hydrogens is 434 g/mol. The number of aromatic hydroxyl groups is 1. The van der Waals surface area contributed by atoms with E-state index in [-0.39, 0.29) is 24.8 Å². The minimum absolute atomic E-state index is 0.111. The van der Waals surface area contributed by atoms with Crippen molar-refractivity contribution in [2.45, 2.75) is 0 Å². The maximum Gasteiger partial charge on any atom is 0.259 e. The zero-order valence-corrected chi connectivity index (χ0v) is 16.3. The standard InChI is InChI=1S/C18H16BrN3O6/c1-26-15-6-12(19)4-11(17(15)24)7-21-22-16(23)8-20-18(25)10-2-3-13-14(5-10)28-9-27-13/h2-7,24H,8-9H2,1H3,(H,20,25)(H,22,23). The summed E-state index contributed by atoms with van der Waals surface area (Å²) in [4.78, 5) is 24.0. The summed E-state index contributed by atoms with van der Waals surface area (Å²) >= 11 is 3.29. The number of methoxy groups -OCH3 is 1. The van der Waals surface area contributed by atoms with Crippen molar-refractivity contribution in [2.24, 2.45) is 5.10 Å². The van der Waals surface area contributed by atoms with Gasteiger partial charge in [-0.1, -0.05) is 15.9 Å². The molecule has 0 bridgehead atoms. The van der Waals surface area contributed by atoms with Crippen molar-refractivity contribution < 1.29 is 28.9 Å². The number of halogens is 1. The van der Waals surface area contributed by atoms with Crippen LogP contribution in [-0.4, -0.2) is 43.6 Å². The highest BCUT2D eigenvalue weighted by molar-refractivity contribution is 9.10. The van der Waals surface area contributed by atoms with E-state index < -0.39 is 11.8 Å². The minimum atomic E-state index is -0.535. The topological polar surface area (TPSA) is 118 Å². The molecule has 10 heteroatoms. The van der Waals surface area contributed by atoms with Gasteiger partial charge in [0.1, 0.15) is 0 Å². The Morgan fingerprint density at radius 1 is 1.29 bits per heavy atom. The second-order valence-corrected chi connectivity index (χ2v) is 6.51. The van der Waals surface area contributed by atoms with E-state index in [1.807, 2.05) is 0 Å². The van der Waals surface area contributed by atoms with Gasteiger partial charge in [-0.2, -0.15) is 5.10 Å². The molecular formula is C18H16BrN3O6. The lowest BCUT2D eigenvalue weighted by Crippen LogP contribution is -2.34. The molecule has 28 heavy (non-hydrogen) atoms. The Morgan fingerprint density at radius 2 is 2.07 bits per heavy atom. The van der Waals surface area contributed by atoms with Crippen molar-refractivity contribution in [2.75, 3.05) is 20.4 Å². The molecule has 0 aromatic heterocycles. The number of hydrogen-bond acceptors (Lipinski definition) is 7. The number of nitrogens with zero attached hydrogens (tertiary/aromatic N) is 1. The van der Waals surface area contributed by atoms with Crippen LogP contribution >= 0.6 is 15.9 Å². The van der Waals surface area contributed by atoms with Crippen molar-refractivity contribution in [3.8, 4) is 23.0 Å². The molecule has 0 spiro atoms. The molecule has 9 nitrogen and oxygen atoms in total. The Kier molecular flexibility index (Phi) is 5.99. The predicted molar refractivity (Wildman–Crippen MR) is 103 cm³/mol. The van der Waals surface area contributed by atoms with Crippen LogP contribution in [0.15, 0.2) is 39.9 Å². The van der Waals surface area contributed by atoms with Gasteiger partial charge in [-0.15, -0.1) is 0 Å². The first-order valence-electron chi connectivity index (χ1n) is 8.04. The number of benzene rings is 2. The number of hydrogen-bond donors (Lipinski definition) is 3. The van der Waals surface area contributed by atoms with Gasteiger partial charge in [-0.05, 0) is 30.3 Å². The fourth-order valence-corrected chi connectivity index (χ4v) is 2.82. The Bertz CT molecular complexity index is 947. The third-order valence-corrected chi connectivity index (χ3v) is 4.18. The average Bonchev–Trinajstić information content (AvgIpc) is 3.16. The quantitative estimate of drug-likeness (QED) is 0.456. The molecule has 3 rings (SSSR count). The first-order valence-corrected chi connectivity index (χ1v) is 8.83. The molecule has 0 radical (unpaired) electrons. The lowest BCUT2D eigenvalue weighted by molar-refractivity contribution is -0.120. The third-order valence-electron chi connectivity index (χ3n) is 3.73. The van der Waals surface area contributed by atoms with E-state index in [4.69, 9.17) is 14.2 Å². The smallest absolute Gasteiger partial charge is 0.259 e. The van der Waals surface area contributed by atoms with E-state index in [0.29, 0.717) is 27.1 Å². The van der Waals surface area contributed by atoms with Crippen molar-refractivity contribution >= 4 is 34.0 Å². The Morgan fingerprint density at radius 3 is 2.86 bits per heavy atom. The van der Waals surface area contributed by atoms with E-state index in [2.05, 4.69) is 31.8 Å².